The first-order valence-electron chi connectivity index (χ1n) is 11.7. The van der Waals surface area contributed by atoms with Crippen LogP contribution in [-0.2, 0) is 16.1 Å². The topological polar surface area (TPSA) is 98.2 Å². The van der Waals surface area contributed by atoms with Gasteiger partial charge in [-0.25, -0.2) is 0 Å². The van der Waals surface area contributed by atoms with Gasteiger partial charge in [-0.15, -0.1) is 0 Å². The van der Waals surface area contributed by atoms with Gasteiger partial charge in [-0.3, -0.25) is 14.6 Å². The third-order valence-corrected chi connectivity index (χ3v) is 5.86. The molecule has 8 heteroatoms. The Labute approximate surface area is 209 Å². The Morgan fingerprint density at radius 3 is 2.36 bits per heavy atom. The SMILES string of the molecule is CCOc1ccc(C2/C(=C(\O)c3ccc(OC)cc3)C(=O)C(=O)N2Cc2cccnc2)cc1OCC. The molecule has 36 heavy (non-hydrogen) atoms. The lowest BCUT2D eigenvalue weighted by Crippen LogP contribution is -2.29. The fraction of sp³-hybridized carbons (Fsp3) is 0.250. The van der Waals surface area contributed by atoms with Gasteiger partial charge in [0.1, 0.15) is 11.5 Å². The second kappa shape index (κ2) is 10.9. The first kappa shape index (κ1) is 24.8. The van der Waals surface area contributed by atoms with E-state index < -0.39 is 17.7 Å². The van der Waals surface area contributed by atoms with Crippen molar-refractivity contribution < 1.29 is 28.9 Å². The van der Waals surface area contributed by atoms with Crippen molar-refractivity contribution in [1.29, 1.82) is 0 Å². The number of Topliss-reactive ketones (excluding diaryl/α,β-unsaturated/α-hetero) is 1. The molecule has 186 valence electrons. The molecule has 4 rings (SSSR count). The average Bonchev–Trinajstić information content (AvgIpc) is 3.15. The fourth-order valence-electron chi connectivity index (χ4n) is 4.22. The third kappa shape index (κ3) is 4.88. The molecule has 1 aliphatic heterocycles. The summed E-state index contributed by atoms with van der Waals surface area (Å²) in [4.78, 5) is 32.1. The number of aromatic nitrogens is 1. The number of aliphatic hydroxyl groups excluding tert-OH is 1. The van der Waals surface area contributed by atoms with Gasteiger partial charge < -0.3 is 24.2 Å². The highest BCUT2D eigenvalue weighted by Crippen LogP contribution is 2.42. The van der Waals surface area contributed by atoms with Crippen molar-refractivity contribution in [3.05, 3.63) is 89.3 Å². The molecule has 0 bridgehead atoms. The summed E-state index contributed by atoms with van der Waals surface area (Å²) in [5.41, 5.74) is 1.77. The lowest BCUT2D eigenvalue weighted by atomic mass is 9.94. The van der Waals surface area contributed by atoms with E-state index in [1.807, 2.05) is 19.9 Å². The zero-order valence-electron chi connectivity index (χ0n) is 20.4. The van der Waals surface area contributed by atoms with Crippen LogP contribution in [0.25, 0.3) is 5.76 Å². The highest BCUT2D eigenvalue weighted by atomic mass is 16.5. The maximum absolute atomic E-state index is 13.3. The molecule has 3 aromatic rings. The van der Waals surface area contributed by atoms with Crippen LogP contribution in [0.15, 0.2) is 72.6 Å². The molecule has 1 unspecified atom stereocenters. The summed E-state index contributed by atoms with van der Waals surface area (Å²) >= 11 is 0. The molecule has 0 saturated carbocycles. The monoisotopic (exact) mass is 488 g/mol. The van der Waals surface area contributed by atoms with E-state index in [1.165, 1.54) is 4.90 Å². The molecular formula is C28H28N2O6. The Morgan fingerprint density at radius 2 is 1.72 bits per heavy atom. The number of rotatable bonds is 9. The Morgan fingerprint density at radius 1 is 1.00 bits per heavy atom. The van der Waals surface area contributed by atoms with Gasteiger partial charge >= 0.3 is 0 Å². The van der Waals surface area contributed by atoms with E-state index >= 15 is 0 Å². The van der Waals surface area contributed by atoms with Gasteiger partial charge in [-0.1, -0.05) is 12.1 Å². The number of carbonyl (C=O) groups is 2. The fourth-order valence-corrected chi connectivity index (χ4v) is 4.22. The molecule has 0 spiro atoms. The molecule has 1 atom stereocenters. The van der Waals surface area contributed by atoms with Crippen LogP contribution in [0, 0.1) is 0 Å². The first-order chi connectivity index (χ1) is 17.5. The van der Waals surface area contributed by atoms with Crippen LogP contribution in [0.5, 0.6) is 17.2 Å². The summed E-state index contributed by atoms with van der Waals surface area (Å²) in [6.07, 6.45) is 3.28. The van der Waals surface area contributed by atoms with Crippen molar-refractivity contribution in [3.63, 3.8) is 0 Å². The molecule has 8 nitrogen and oxygen atoms in total. The van der Waals surface area contributed by atoms with E-state index in [2.05, 4.69) is 4.98 Å². The summed E-state index contributed by atoms with van der Waals surface area (Å²) in [5, 5.41) is 11.3. The summed E-state index contributed by atoms with van der Waals surface area (Å²) in [6, 6.07) is 14.7. The van der Waals surface area contributed by atoms with Crippen LogP contribution in [0.2, 0.25) is 0 Å². The Balaban J connectivity index is 1.87. The Bertz CT molecular complexity index is 1270. The molecular weight excluding hydrogens is 460 g/mol. The van der Waals surface area contributed by atoms with Gasteiger partial charge in [-0.05, 0) is 67.4 Å². The number of benzene rings is 2. The second-order valence-electron chi connectivity index (χ2n) is 8.09. The van der Waals surface area contributed by atoms with Crippen LogP contribution >= 0.6 is 0 Å². The van der Waals surface area contributed by atoms with E-state index in [-0.39, 0.29) is 17.9 Å². The van der Waals surface area contributed by atoms with Gasteiger partial charge in [0.2, 0.25) is 0 Å². The maximum Gasteiger partial charge on any atom is 0.295 e. The Kier molecular flexibility index (Phi) is 7.53. The van der Waals surface area contributed by atoms with Crippen LogP contribution in [0.3, 0.4) is 0 Å². The zero-order chi connectivity index (χ0) is 25.7. The van der Waals surface area contributed by atoms with Crippen molar-refractivity contribution in [2.24, 2.45) is 0 Å². The molecule has 1 amide bonds. The normalized spacial score (nSPS) is 16.8. The van der Waals surface area contributed by atoms with E-state index in [9.17, 15) is 14.7 Å². The van der Waals surface area contributed by atoms with Crippen LogP contribution in [0.4, 0.5) is 0 Å². The van der Waals surface area contributed by atoms with E-state index in [1.54, 1.807) is 68.0 Å². The van der Waals surface area contributed by atoms with Crippen LogP contribution in [-0.4, -0.2) is 47.0 Å². The summed E-state index contributed by atoms with van der Waals surface area (Å²) in [6.45, 7) is 4.74. The lowest BCUT2D eigenvalue weighted by molar-refractivity contribution is -0.140. The maximum atomic E-state index is 13.3. The highest BCUT2D eigenvalue weighted by molar-refractivity contribution is 6.46. The average molecular weight is 489 g/mol. The van der Waals surface area contributed by atoms with Crippen molar-refractivity contribution in [2.45, 2.75) is 26.4 Å². The highest BCUT2D eigenvalue weighted by Gasteiger charge is 2.46. The molecule has 0 aliphatic carbocycles. The number of methoxy groups -OCH3 is 1. The predicted octanol–water partition coefficient (Wildman–Crippen LogP) is 4.51. The Hall–Kier alpha value is -4.33. The standard InChI is InChI=1S/C28H28N2O6/c1-4-35-22-13-10-20(15-23(22)36-5-2)25-24(26(31)19-8-11-21(34-3)12-9-19)27(32)28(33)30(25)17-18-7-6-14-29-16-18/h6-16,25,31H,4-5,17H2,1-3H3/b26-24+. The second-order valence-corrected chi connectivity index (χ2v) is 8.09. The number of amides is 1. The van der Waals surface area contributed by atoms with Crippen molar-refractivity contribution in [2.75, 3.05) is 20.3 Å². The number of aliphatic hydroxyl groups is 1. The molecule has 1 fully saturated rings. The minimum atomic E-state index is -0.845. The van der Waals surface area contributed by atoms with Gasteiger partial charge in [0.25, 0.3) is 11.7 Å². The summed E-state index contributed by atoms with van der Waals surface area (Å²) in [7, 11) is 1.54. The predicted molar refractivity (Wildman–Crippen MR) is 134 cm³/mol. The number of ether oxygens (including phenoxy) is 3. The van der Waals surface area contributed by atoms with E-state index in [0.29, 0.717) is 41.6 Å². The van der Waals surface area contributed by atoms with Gasteiger partial charge in [0.15, 0.2) is 11.5 Å². The molecule has 2 aromatic carbocycles. The zero-order valence-corrected chi connectivity index (χ0v) is 20.4. The summed E-state index contributed by atoms with van der Waals surface area (Å²) < 4.78 is 16.7. The number of likely N-dealkylation sites (tertiary alicyclic amines) is 1. The third-order valence-electron chi connectivity index (χ3n) is 5.86. The number of carbonyl (C=O) groups excluding carboxylic acids is 2. The van der Waals surface area contributed by atoms with Gasteiger partial charge in [-0.2, -0.15) is 0 Å². The minimum absolute atomic E-state index is 0.000616. The largest absolute Gasteiger partial charge is 0.507 e. The number of hydrogen-bond acceptors (Lipinski definition) is 7. The minimum Gasteiger partial charge on any atom is -0.507 e. The molecule has 2 heterocycles. The van der Waals surface area contributed by atoms with Gasteiger partial charge in [0.05, 0.1) is 31.9 Å². The molecule has 0 radical (unpaired) electrons. The summed E-state index contributed by atoms with van der Waals surface area (Å²) in [5.74, 6) is -0.0694. The van der Waals surface area contributed by atoms with Crippen molar-refractivity contribution in [1.82, 2.24) is 9.88 Å². The van der Waals surface area contributed by atoms with E-state index in [0.717, 1.165) is 5.56 Å². The van der Waals surface area contributed by atoms with Crippen LogP contribution < -0.4 is 14.2 Å². The van der Waals surface area contributed by atoms with Crippen molar-refractivity contribution in [3.8, 4) is 17.2 Å². The first-order valence-corrected chi connectivity index (χ1v) is 11.7. The number of nitrogens with zero attached hydrogens (tertiary/aromatic N) is 2. The quantitative estimate of drug-likeness (QED) is 0.269. The molecule has 1 aromatic heterocycles. The number of pyridine rings is 1. The van der Waals surface area contributed by atoms with Crippen LogP contribution in [0.1, 0.15) is 36.6 Å². The van der Waals surface area contributed by atoms with Gasteiger partial charge in [0, 0.05) is 24.5 Å². The smallest absolute Gasteiger partial charge is 0.295 e. The molecule has 1 aliphatic rings. The van der Waals surface area contributed by atoms with Crippen molar-refractivity contribution >= 4 is 17.4 Å². The van der Waals surface area contributed by atoms with E-state index in [4.69, 9.17) is 14.2 Å². The number of hydrogen-bond donors (Lipinski definition) is 1. The molecule has 1 N–H and O–H groups in total. The number of ketones is 1. The molecule has 1 saturated heterocycles. The lowest BCUT2D eigenvalue weighted by Gasteiger charge is -2.26.